The quantitative estimate of drug-likeness (QED) is 0.0709. The number of carbonyl (C=O) groups excluding carboxylic acids is 2. The van der Waals surface area contributed by atoms with Crippen molar-refractivity contribution in [3.8, 4) is 12.1 Å². The molecular formula is C40H42Cl2F3N10O5S+. The molecule has 0 radical (unpaired) electrons. The fraction of sp³-hybridized carbons (Fsp3) is 0.400. The second kappa shape index (κ2) is 18.6. The highest BCUT2D eigenvalue weighted by atomic mass is 35.5. The molecule has 0 bridgehead atoms. The highest BCUT2D eigenvalue weighted by molar-refractivity contribution is 7.89. The van der Waals surface area contributed by atoms with Crippen LogP contribution in [0.1, 0.15) is 54.6 Å². The number of hydrogen-bond acceptors (Lipinski definition) is 8. The molecule has 0 spiro atoms. The van der Waals surface area contributed by atoms with Crippen LogP contribution in [0.15, 0.2) is 71.9 Å². The minimum atomic E-state index is -5.04. The lowest BCUT2D eigenvalue weighted by molar-refractivity contribution is -0.474. The van der Waals surface area contributed by atoms with Crippen LogP contribution in [0.2, 0.25) is 10.0 Å². The Morgan fingerprint density at radius 1 is 0.869 bits per heavy atom. The number of aromatic nitrogens is 2. The lowest BCUT2D eigenvalue weighted by Gasteiger charge is -2.41. The van der Waals surface area contributed by atoms with E-state index in [0.717, 1.165) is 22.0 Å². The largest absolute Gasteiger partial charge is 0.396 e. The third kappa shape index (κ3) is 9.81. The van der Waals surface area contributed by atoms with E-state index >= 15 is 18.0 Å². The predicted octanol–water partition coefficient (Wildman–Crippen LogP) is 5.89. The van der Waals surface area contributed by atoms with Crippen molar-refractivity contribution in [2.45, 2.75) is 81.3 Å². The van der Waals surface area contributed by atoms with Gasteiger partial charge in [-0.15, -0.1) is 0 Å². The zero-order valence-electron chi connectivity index (χ0n) is 32.6. The van der Waals surface area contributed by atoms with Crippen molar-refractivity contribution in [1.29, 1.82) is 10.5 Å². The number of sulfonamides is 1. The van der Waals surface area contributed by atoms with E-state index < -0.39 is 63.8 Å². The number of piperidine rings is 1. The first-order chi connectivity index (χ1) is 28.9. The van der Waals surface area contributed by atoms with Crippen LogP contribution in [-0.2, 0) is 45.7 Å². The van der Waals surface area contributed by atoms with E-state index in [1.807, 2.05) is 6.07 Å². The summed E-state index contributed by atoms with van der Waals surface area (Å²) in [5.74, 6) is 2.23. The van der Waals surface area contributed by atoms with E-state index in [4.69, 9.17) is 34.8 Å². The van der Waals surface area contributed by atoms with Crippen LogP contribution < -0.4 is 11.6 Å². The number of aryl methyl sites for hydroxylation is 3. The van der Waals surface area contributed by atoms with Crippen molar-refractivity contribution < 1.29 is 36.0 Å². The summed E-state index contributed by atoms with van der Waals surface area (Å²) < 4.78 is 76.1. The fourth-order valence-corrected chi connectivity index (χ4v) is 10.4. The number of rotatable bonds is 13. The normalized spacial score (nSPS) is 16.0. The number of benzene rings is 2. The van der Waals surface area contributed by atoms with Crippen LogP contribution in [0, 0.1) is 33.5 Å². The Bertz CT molecular complexity index is 2480. The first-order valence-corrected chi connectivity index (χ1v) is 21.5. The summed E-state index contributed by atoms with van der Waals surface area (Å²) in [4.78, 5) is 44.7. The monoisotopic (exact) mass is 901 g/mol. The van der Waals surface area contributed by atoms with Crippen molar-refractivity contribution >= 4 is 56.4 Å². The lowest BCUT2D eigenvalue weighted by atomic mass is 9.95. The van der Waals surface area contributed by atoms with Crippen molar-refractivity contribution in [3.63, 3.8) is 0 Å². The molecule has 21 heteroatoms. The van der Waals surface area contributed by atoms with Gasteiger partial charge in [0.2, 0.25) is 21.8 Å². The Morgan fingerprint density at radius 2 is 1.41 bits per heavy atom. The van der Waals surface area contributed by atoms with Gasteiger partial charge in [-0.05, 0) is 86.1 Å². The lowest BCUT2D eigenvalue weighted by Crippen LogP contribution is -2.60. The highest BCUT2D eigenvalue weighted by Crippen LogP contribution is 2.37. The van der Waals surface area contributed by atoms with Crippen LogP contribution in [0.3, 0.4) is 0 Å². The zero-order chi connectivity index (χ0) is 44.2. The molecule has 2 aromatic heterocycles. The van der Waals surface area contributed by atoms with E-state index in [9.17, 15) is 28.6 Å². The molecule has 322 valence electrons. The number of hydrazine groups is 1. The molecule has 2 atom stereocenters. The molecule has 2 unspecified atom stereocenters. The van der Waals surface area contributed by atoms with E-state index in [1.165, 1.54) is 37.1 Å². The number of nitroso groups, excluding NO2 is 1. The number of fused-ring (bicyclic) bond motifs is 1. The fourth-order valence-electron chi connectivity index (χ4n) is 7.97. The van der Waals surface area contributed by atoms with Crippen LogP contribution >= 0.6 is 23.2 Å². The van der Waals surface area contributed by atoms with Gasteiger partial charge in [0.05, 0.1) is 31.5 Å². The molecule has 2 amide bonds. The van der Waals surface area contributed by atoms with Crippen molar-refractivity contribution in [2.24, 2.45) is 11.8 Å². The van der Waals surface area contributed by atoms with Gasteiger partial charge in [-0.2, -0.15) is 33.8 Å². The van der Waals surface area contributed by atoms with E-state index in [-0.39, 0.29) is 89.8 Å². The van der Waals surface area contributed by atoms with Crippen molar-refractivity contribution in [1.82, 2.24) is 23.2 Å². The minimum absolute atomic E-state index is 0.0782. The van der Waals surface area contributed by atoms with Gasteiger partial charge in [-0.3, -0.25) is 9.59 Å². The number of likely N-dealkylation sites (tertiary alicyclic amines) is 1. The first kappa shape index (κ1) is 44.9. The van der Waals surface area contributed by atoms with Crippen LogP contribution in [0.4, 0.5) is 24.5 Å². The van der Waals surface area contributed by atoms with Gasteiger partial charge in [0.1, 0.15) is 35.6 Å². The zero-order valence-corrected chi connectivity index (χ0v) is 35.0. The molecule has 1 saturated heterocycles. The van der Waals surface area contributed by atoms with E-state index in [0.29, 0.717) is 18.4 Å². The smallest absolute Gasteiger partial charge is 0.391 e. The van der Waals surface area contributed by atoms with Gasteiger partial charge < -0.3 is 24.7 Å². The second-order valence-electron chi connectivity index (χ2n) is 14.9. The Balaban J connectivity index is 1.53. The number of hydrogen-bond donors (Lipinski definition) is 2. The standard InChI is InChI=1S/C40H42Cl2F3N10O5S/c41-33-21-32(22-34(42)37(33)48)61(59,60)54(35(11-18-50-13-2-5-30(50)23-46)38(56)52-16-9-28(10-17-52)40(43,44)45)36(12-19-51-14-3-6-31(51)24-47)39(57)53-15-1-4-26-7-8-29(55(49)58)20-27(26)25-53/h2-3,5-8,13-14,20-22,28,35-36H,1,4,9-12,15-19,25,48H2,(H2,49,58)/q+1. The number of anilines is 1. The van der Waals surface area contributed by atoms with Crippen molar-refractivity contribution in [3.05, 3.63) is 104 Å². The number of alkyl halides is 3. The minimum Gasteiger partial charge on any atom is -0.396 e. The summed E-state index contributed by atoms with van der Waals surface area (Å²) in [6.45, 7) is -0.870. The van der Waals surface area contributed by atoms with E-state index in [1.54, 1.807) is 36.7 Å². The maximum absolute atomic E-state index is 15.4. The van der Waals surface area contributed by atoms with Crippen LogP contribution in [0.5, 0.6) is 0 Å². The summed E-state index contributed by atoms with van der Waals surface area (Å²) in [6, 6.07) is 13.8. The first-order valence-electron chi connectivity index (χ1n) is 19.3. The number of nitrogens with zero attached hydrogens (tertiary/aromatic N) is 8. The molecule has 0 saturated carbocycles. The number of nitrogen functional groups attached to an aromatic ring is 1. The molecule has 0 aliphatic carbocycles. The maximum Gasteiger partial charge on any atom is 0.391 e. The van der Waals surface area contributed by atoms with Gasteiger partial charge in [-0.1, -0.05) is 29.3 Å². The molecule has 2 aliphatic rings. The Kier molecular flexibility index (Phi) is 13.7. The van der Waals surface area contributed by atoms with Gasteiger partial charge in [0.25, 0.3) is 5.69 Å². The molecule has 6 rings (SSSR count). The third-order valence-corrected chi connectivity index (χ3v) is 13.8. The average molecular weight is 903 g/mol. The van der Waals surface area contributed by atoms with Crippen molar-refractivity contribution in [2.75, 3.05) is 25.4 Å². The average Bonchev–Trinajstić information content (AvgIpc) is 3.84. The number of nitrogens with two attached hydrogens (primary N) is 2. The molecule has 15 nitrogen and oxygen atoms in total. The van der Waals surface area contributed by atoms with Crippen LogP contribution in [0.25, 0.3) is 0 Å². The highest BCUT2D eigenvalue weighted by Gasteiger charge is 2.48. The molecular weight excluding hydrogens is 860 g/mol. The Labute approximate surface area is 360 Å². The summed E-state index contributed by atoms with van der Waals surface area (Å²) in [7, 11) is -5.04. The summed E-state index contributed by atoms with van der Waals surface area (Å²) >= 11 is 12.8. The second-order valence-corrected chi connectivity index (χ2v) is 17.6. The molecule has 2 aliphatic heterocycles. The topological polar surface area (TPSA) is 208 Å². The van der Waals surface area contributed by atoms with Gasteiger partial charge in [0.15, 0.2) is 4.87 Å². The molecule has 2 aromatic carbocycles. The third-order valence-electron chi connectivity index (χ3n) is 11.2. The van der Waals surface area contributed by atoms with Gasteiger partial charge in [0, 0.05) is 63.8 Å². The maximum atomic E-state index is 15.4. The molecule has 1 fully saturated rings. The number of carbonyl (C=O) groups is 2. The van der Waals surface area contributed by atoms with Crippen LogP contribution in [-0.4, -0.2) is 86.2 Å². The van der Waals surface area contributed by atoms with Gasteiger partial charge in [-0.25, -0.2) is 8.42 Å². The summed E-state index contributed by atoms with van der Waals surface area (Å²) in [6.07, 6.45) is -1.95. The van der Waals surface area contributed by atoms with Gasteiger partial charge >= 0.3 is 6.18 Å². The SMILES string of the molecule is N#Cc1cccn1CCC(C(=O)N1CCC(C(F)(F)F)CC1)N(C(CCn1cccc1C#N)C(=O)N1CCCc2ccc([N+](N)=O)cc2C1)S(=O)(=O)c1cc(Cl)c(N)c(Cl)c1. The number of amides is 2. The molecule has 4 heterocycles. The molecule has 61 heavy (non-hydrogen) atoms. The summed E-state index contributed by atoms with van der Waals surface area (Å²) in [5, 5.41) is 19.2. The number of halogens is 5. The molecule has 4 aromatic rings. The molecule has 4 N–H and O–H groups in total. The Morgan fingerprint density at radius 3 is 1.92 bits per heavy atom. The predicted molar refractivity (Wildman–Crippen MR) is 218 cm³/mol. The Hall–Kier alpha value is -5.60. The number of nitriles is 2. The summed E-state index contributed by atoms with van der Waals surface area (Å²) in [5.41, 5.74) is 7.78. The van der Waals surface area contributed by atoms with E-state index in [2.05, 4.69) is 6.07 Å².